The van der Waals surface area contributed by atoms with Gasteiger partial charge in [-0.1, -0.05) is 5.16 Å². The zero-order chi connectivity index (χ0) is 11.4. The second-order valence-electron chi connectivity index (χ2n) is 4.24. The summed E-state index contributed by atoms with van der Waals surface area (Å²) in [6.07, 6.45) is 2.43. The number of rotatable bonds is 5. The molecule has 1 rings (SSSR count). The first kappa shape index (κ1) is 11.8. The van der Waals surface area contributed by atoms with Gasteiger partial charge in [0.15, 0.2) is 0 Å². The number of hydrogen-bond acceptors (Lipinski definition) is 3. The molecule has 0 heterocycles. The Morgan fingerprint density at radius 1 is 1.60 bits per heavy atom. The lowest BCUT2D eigenvalue weighted by atomic mass is 10.2. The quantitative estimate of drug-likeness (QED) is 0.306. The van der Waals surface area contributed by atoms with Gasteiger partial charge in [-0.2, -0.15) is 0 Å². The molecule has 3 N–H and O–H groups in total. The van der Waals surface area contributed by atoms with Crippen LogP contribution in [0.25, 0.3) is 0 Å². The lowest BCUT2D eigenvalue weighted by Gasteiger charge is -2.26. The Morgan fingerprint density at radius 3 is 2.60 bits per heavy atom. The maximum atomic E-state index is 11.8. The summed E-state index contributed by atoms with van der Waals surface area (Å²) in [6, 6.07) is 0.171. The van der Waals surface area contributed by atoms with E-state index in [1.807, 2.05) is 13.8 Å². The fraction of sp³-hybridized carbons (Fsp3) is 0.800. The highest BCUT2D eigenvalue weighted by Crippen LogP contribution is 2.31. The smallest absolute Gasteiger partial charge is 0.225 e. The van der Waals surface area contributed by atoms with E-state index in [2.05, 4.69) is 5.16 Å². The van der Waals surface area contributed by atoms with E-state index in [4.69, 9.17) is 10.9 Å². The van der Waals surface area contributed by atoms with E-state index in [9.17, 15) is 4.79 Å². The number of amidine groups is 1. The normalized spacial score (nSPS) is 16.9. The summed E-state index contributed by atoms with van der Waals surface area (Å²) in [5.41, 5.74) is 5.38. The average Bonchev–Trinajstić information content (AvgIpc) is 3.00. The molecule has 86 valence electrons. The number of amides is 1. The highest BCUT2D eigenvalue weighted by molar-refractivity contribution is 5.83. The molecule has 0 atom stereocenters. The van der Waals surface area contributed by atoms with Gasteiger partial charge in [-0.15, -0.1) is 0 Å². The molecule has 1 aliphatic carbocycles. The van der Waals surface area contributed by atoms with Crippen LogP contribution in [0.3, 0.4) is 0 Å². The monoisotopic (exact) mass is 213 g/mol. The van der Waals surface area contributed by atoms with E-state index in [1.54, 1.807) is 4.90 Å². The Balaban J connectivity index is 2.46. The van der Waals surface area contributed by atoms with E-state index in [1.165, 1.54) is 0 Å². The summed E-state index contributed by atoms with van der Waals surface area (Å²) in [5, 5.41) is 11.3. The van der Waals surface area contributed by atoms with E-state index < -0.39 is 0 Å². The molecule has 0 radical (unpaired) electrons. The SMILES string of the molecule is CC(C)N(CCC(N)=NO)C(=O)C1CC1. The van der Waals surface area contributed by atoms with Gasteiger partial charge in [0, 0.05) is 24.9 Å². The van der Waals surface area contributed by atoms with Gasteiger partial charge in [0.05, 0.1) is 0 Å². The van der Waals surface area contributed by atoms with Crippen molar-refractivity contribution in [3.63, 3.8) is 0 Å². The Labute approximate surface area is 89.9 Å². The summed E-state index contributed by atoms with van der Waals surface area (Å²) in [5.74, 6) is 0.597. The van der Waals surface area contributed by atoms with Crippen LogP contribution < -0.4 is 5.73 Å². The van der Waals surface area contributed by atoms with Crippen LogP contribution in [-0.2, 0) is 4.79 Å². The van der Waals surface area contributed by atoms with Crippen molar-refractivity contribution in [1.82, 2.24) is 4.90 Å². The highest BCUT2D eigenvalue weighted by atomic mass is 16.4. The van der Waals surface area contributed by atoms with Crippen molar-refractivity contribution in [2.75, 3.05) is 6.54 Å². The first-order chi connectivity index (χ1) is 7.06. The van der Waals surface area contributed by atoms with Crippen molar-refractivity contribution in [2.45, 2.75) is 39.2 Å². The molecule has 0 aromatic heterocycles. The van der Waals surface area contributed by atoms with Crippen LogP contribution in [0, 0.1) is 5.92 Å². The molecule has 5 heteroatoms. The van der Waals surface area contributed by atoms with Gasteiger partial charge in [-0.05, 0) is 26.7 Å². The van der Waals surface area contributed by atoms with Gasteiger partial charge < -0.3 is 15.8 Å². The van der Waals surface area contributed by atoms with Crippen molar-refractivity contribution in [3.05, 3.63) is 0 Å². The van der Waals surface area contributed by atoms with Crippen LogP contribution in [0.4, 0.5) is 0 Å². The lowest BCUT2D eigenvalue weighted by molar-refractivity contribution is -0.134. The zero-order valence-electron chi connectivity index (χ0n) is 9.31. The van der Waals surface area contributed by atoms with Crippen LogP contribution in [0.1, 0.15) is 33.1 Å². The molecule has 0 aromatic carbocycles. The minimum atomic E-state index is 0.171. The fourth-order valence-electron chi connectivity index (χ4n) is 1.47. The van der Waals surface area contributed by atoms with Gasteiger partial charge in [-0.25, -0.2) is 0 Å². The Morgan fingerprint density at radius 2 is 2.20 bits per heavy atom. The maximum Gasteiger partial charge on any atom is 0.225 e. The minimum absolute atomic E-state index is 0.171. The topological polar surface area (TPSA) is 78.9 Å². The molecule has 1 saturated carbocycles. The second-order valence-corrected chi connectivity index (χ2v) is 4.24. The molecule has 0 saturated heterocycles. The molecular formula is C10H19N3O2. The van der Waals surface area contributed by atoms with E-state index in [0.717, 1.165) is 12.8 Å². The Kier molecular flexibility index (Phi) is 3.94. The number of carbonyl (C=O) groups excluding carboxylic acids is 1. The number of nitrogens with two attached hydrogens (primary N) is 1. The molecule has 15 heavy (non-hydrogen) atoms. The first-order valence-electron chi connectivity index (χ1n) is 5.33. The molecule has 1 fully saturated rings. The van der Waals surface area contributed by atoms with Crippen LogP contribution in [0.2, 0.25) is 0 Å². The van der Waals surface area contributed by atoms with Crippen LogP contribution in [-0.4, -0.2) is 34.4 Å². The largest absolute Gasteiger partial charge is 0.409 e. The van der Waals surface area contributed by atoms with E-state index in [0.29, 0.717) is 13.0 Å². The molecule has 0 spiro atoms. The number of nitrogens with zero attached hydrogens (tertiary/aromatic N) is 2. The summed E-state index contributed by atoms with van der Waals surface area (Å²) in [4.78, 5) is 13.6. The first-order valence-corrected chi connectivity index (χ1v) is 5.33. The van der Waals surface area contributed by atoms with E-state index in [-0.39, 0.29) is 23.7 Å². The molecular weight excluding hydrogens is 194 g/mol. The Bertz CT molecular complexity index is 259. The lowest BCUT2D eigenvalue weighted by Crippen LogP contribution is -2.40. The molecule has 0 aliphatic heterocycles. The van der Waals surface area contributed by atoms with Gasteiger partial charge in [0.25, 0.3) is 0 Å². The third-order valence-electron chi connectivity index (χ3n) is 2.57. The molecule has 0 unspecified atom stereocenters. The predicted molar refractivity (Wildman–Crippen MR) is 57.6 cm³/mol. The molecule has 1 aliphatic rings. The third kappa shape index (κ3) is 3.42. The number of hydrogen-bond donors (Lipinski definition) is 2. The fourth-order valence-corrected chi connectivity index (χ4v) is 1.47. The van der Waals surface area contributed by atoms with Crippen LogP contribution in [0.15, 0.2) is 5.16 Å². The number of carbonyl (C=O) groups is 1. The highest BCUT2D eigenvalue weighted by Gasteiger charge is 2.34. The van der Waals surface area contributed by atoms with Gasteiger partial charge >= 0.3 is 0 Å². The third-order valence-corrected chi connectivity index (χ3v) is 2.57. The van der Waals surface area contributed by atoms with Crippen molar-refractivity contribution in [3.8, 4) is 0 Å². The Hall–Kier alpha value is -1.26. The predicted octanol–water partition coefficient (Wildman–Crippen LogP) is 0.770. The van der Waals surface area contributed by atoms with Crippen molar-refractivity contribution >= 4 is 11.7 Å². The van der Waals surface area contributed by atoms with Crippen molar-refractivity contribution in [1.29, 1.82) is 0 Å². The molecule has 0 bridgehead atoms. The summed E-state index contributed by atoms with van der Waals surface area (Å²) >= 11 is 0. The summed E-state index contributed by atoms with van der Waals surface area (Å²) < 4.78 is 0. The minimum Gasteiger partial charge on any atom is -0.409 e. The van der Waals surface area contributed by atoms with E-state index >= 15 is 0 Å². The summed E-state index contributed by atoms with van der Waals surface area (Å²) in [6.45, 7) is 4.49. The van der Waals surface area contributed by atoms with Crippen LogP contribution in [0.5, 0.6) is 0 Å². The second kappa shape index (κ2) is 5.00. The van der Waals surface area contributed by atoms with Crippen molar-refractivity contribution in [2.24, 2.45) is 16.8 Å². The standard InChI is InChI=1S/C10H19N3O2/c1-7(2)13(6-5-9(11)12-15)10(14)8-3-4-8/h7-8,15H,3-6H2,1-2H3,(H2,11,12). The average molecular weight is 213 g/mol. The van der Waals surface area contributed by atoms with Crippen LogP contribution >= 0.6 is 0 Å². The number of oxime groups is 1. The molecule has 1 amide bonds. The van der Waals surface area contributed by atoms with Gasteiger partial charge in [0.1, 0.15) is 5.84 Å². The molecule has 5 nitrogen and oxygen atoms in total. The van der Waals surface area contributed by atoms with Gasteiger partial charge in [-0.3, -0.25) is 4.79 Å². The van der Waals surface area contributed by atoms with Crippen molar-refractivity contribution < 1.29 is 10.0 Å². The molecule has 0 aromatic rings. The summed E-state index contributed by atoms with van der Waals surface area (Å²) in [7, 11) is 0. The zero-order valence-corrected chi connectivity index (χ0v) is 9.31. The van der Waals surface area contributed by atoms with Gasteiger partial charge in [0.2, 0.25) is 5.91 Å². The maximum absolute atomic E-state index is 11.8.